The van der Waals surface area contributed by atoms with Crippen LogP contribution in [-0.2, 0) is 0 Å². The number of rotatable bonds is 2. The van der Waals surface area contributed by atoms with Crippen LogP contribution >= 0.6 is 0 Å². The molecule has 102 valence electrons. The van der Waals surface area contributed by atoms with Crippen LogP contribution in [0.15, 0.2) is 64.3 Å². The van der Waals surface area contributed by atoms with Crippen LogP contribution in [0.3, 0.4) is 0 Å². The van der Waals surface area contributed by atoms with E-state index in [0.717, 1.165) is 5.56 Å². The Kier molecular flexibility index (Phi) is 2.47. The lowest BCUT2D eigenvalue weighted by Crippen LogP contribution is -2.14. The molecule has 0 atom stereocenters. The summed E-state index contributed by atoms with van der Waals surface area (Å²) in [5.41, 5.74) is 2.45. The van der Waals surface area contributed by atoms with E-state index in [0.29, 0.717) is 22.8 Å². The molecule has 4 heterocycles. The molecule has 0 radical (unpaired) electrons. The molecule has 4 rings (SSSR count). The summed E-state index contributed by atoms with van der Waals surface area (Å²) in [6.07, 6.45) is 4.94. The molecule has 0 saturated carbocycles. The Balaban J connectivity index is 1.92. The second kappa shape index (κ2) is 4.45. The Hall–Kier alpha value is -3.15. The Morgan fingerprint density at radius 3 is 2.90 bits per heavy atom. The van der Waals surface area contributed by atoms with Crippen LogP contribution in [0.5, 0.6) is 0 Å². The van der Waals surface area contributed by atoms with Crippen molar-refractivity contribution in [1.29, 1.82) is 0 Å². The van der Waals surface area contributed by atoms with Gasteiger partial charge >= 0.3 is 0 Å². The molecule has 0 aliphatic heterocycles. The maximum atomic E-state index is 12.2. The summed E-state index contributed by atoms with van der Waals surface area (Å²) in [6.45, 7) is 0. The molecule has 6 nitrogen and oxygen atoms in total. The maximum Gasteiger partial charge on any atom is 0.273 e. The number of hydrogen-bond acceptors (Lipinski definition) is 4. The van der Waals surface area contributed by atoms with Crippen LogP contribution in [0.2, 0.25) is 0 Å². The van der Waals surface area contributed by atoms with Gasteiger partial charge in [0.2, 0.25) is 0 Å². The summed E-state index contributed by atoms with van der Waals surface area (Å²) in [7, 11) is 0. The first-order valence-electron chi connectivity index (χ1n) is 6.38. The van der Waals surface area contributed by atoms with E-state index in [-0.39, 0.29) is 5.56 Å². The highest BCUT2D eigenvalue weighted by Crippen LogP contribution is 2.20. The zero-order valence-corrected chi connectivity index (χ0v) is 10.9. The van der Waals surface area contributed by atoms with Gasteiger partial charge in [0.15, 0.2) is 11.4 Å². The number of hydrogen-bond donors (Lipinski definition) is 1. The number of nitrogens with zero attached hydrogens (tertiary/aromatic N) is 3. The summed E-state index contributed by atoms with van der Waals surface area (Å²) in [4.78, 5) is 20.7. The highest BCUT2D eigenvalue weighted by molar-refractivity contribution is 5.64. The number of aromatic nitrogens is 4. The number of nitrogens with one attached hydrogen (secondary N) is 1. The topological polar surface area (TPSA) is 76.2 Å². The molecule has 6 heteroatoms. The quantitative estimate of drug-likeness (QED) is 0.610. The predicted octanol–water partition coefficient (Wildman–Crippen LogP) is 2.34. The van der Waals surface area contributed by atoms with Crippen molar-refractivity contribution in [3.05, 3.63) is 65.4 Å². The Morgan fingerprint density at radius 2 is 2.14 bits per heavy atom. The molecule has 4 aromatic rings. The third-order valence-corrected chi connectivity index (χ3v) is 3.19. The average molecular weight is 278 g/mol. The third kappa shape index (κ3) is 1.93. The summed E-state index contributed by atoms with van der Waals surface area (Å²) in [5, 5.41) is 2.98. The van der Waals surface area contributed by atoms with Crippen molar-refractivity contribution >= 4 is 5.65 Å². The monoisotopic (exact) mass is 278 g/mol. The average Bonchev–Trinajstić information content (AvgIpc) is 3.17. The van der Waals surface area contributed by atoms with E-state index in [9.17, 15) is 4.79 Å². The van der Waals surface area contributed by atoms with Gasteiger partial charge in [-0.25, -0.2) is 9.50 Å². The molecule has 0 aliphatic rings. The van der Waals surface area contributed by atoms with E-state index in [2.05, 4.69) is 15.1 Å². The molecule has 0 fully saturated rings. The van der Waals surface area contributed by atoms with Gasteiger partial charge < -0.3 is 4.42 Å². The van der Waals surface area contributed by atoms with Gasteiger partial charge in [-0.3, -0.25) is 14.9 Å². The van der Waals surface area contributed by atoms with Gasteiger partial charge in [0.1, 0.15) is 5.69 Å². The van der Waals surface area contributed by atoms with Crippen molar-refractivity contribution in [2.24, 2.45) is 0 Å². The zero-order valence-electron chi connectivity index (χ0n) is 10.9. The standard InChI is InChI=1S/C15H10N4O2/c20-15-8-11(10-3-1-5-16-9-10)17-14-7-12(18-19(14)15)13-4-2-6-21-13/h1-9,18H. The van der Waals surface area contributed by atoms with E-state index >= 15 is 0 Å². The zero-order chi connectivity index (χ0) is 14.2. The molecule has 21 heavy (non-hydrogen) atoms. The van der Waals surface area contributed by atoms with Gasteiger partial charge in [0.05, 0.1) is 12.0 Å². The molecule has 4 aromatic heterocycles. The molecule has 0 amide bonds. The van der Waals surface area contributed by atoms with Gasteiger partial charge in [0, 0.05) is 30.1 Å². The van der Waals surface area contributed by atoms with Gasteiger partial charge in [-0.1, -0.05) is 0 Å². The molecular weight excluding hydrogens is 268 g/mol. The van der Waals surface area contributed by atoms with Crippen molar-refractivity contribution in [2.45, 2.75) is 0 Å². The van der Waals surface area contributed by atoms with Crippen LogP contribution < -0.4 is 5.56 Å². The summed E-state index contributed by atoms with van der Waals surface area (Å²) < 4.78 is 6.71. The predicted molar refractivity (Wildman–Crippen MR) is 76.7 cm³/mol. The van der Waals surface area contributed by atoms with Crippen LogP contribution in [0.4, 0.5) is 0 Å². The maximum absolute atomic E-state index is 12.2. The lowest BCUT2D eigenvalue weighted by molar-refractivity contribution is 0.579. The number of pyridine rings is 1. The second-order valence-electron chi connectivity index (χ2n) is 4.56. The summed E-state index contributed by atoms with van der Waals surface area (Å²) in [6, 6.07) is 10.5. The van der Waals surface area contributed by atoms with Gasteiger partial charge in [-0.15, -0.1) is 0 Å². The lowest BCUT2D eigenvalue weighted by Gasteiger charge is -1.99. The first-order chi connectivity index (χ1) is 10.3. The van der Waals surface area contributed by atoms with E-state index in [1.807, 2.05) is 18.2 Å². The molecule has 1 N–H and O–H groups in total. The van der Waals surface area contributed by atoms with Crippen molar-refractivity contribution in [3.63, 3.8) is 0 Å². The van der Waals surface area contributed by atoms with Crippen molar-refractivity contribution < 1.29 is 4.42 Å². The van der Waals surface area contributed by atoms with E-state index in [4.69, 9.17) is 4.42 Å². The fourth-order valence-electron chi connectivity index (χ4n) is 2.21. The molecule has 0 spiro atoms. The molecular formula is C15H10N4O2. The molecule has 0 aliphatic carbocycles. The van der Waals surface area contributed by atoms with Crippen LogP contribution in [-0.4, -0.2) is 19.6 Å². The smallest absolute Gasteiger partial charge is 0.273 e. The number of furan rings is 1. The summed E-state index contributed by atoms with van der Waals surface area (Å²) >= 11 is 0. The van der Waals surface area contributed by atoms with Crippen LogP contribution in [0.25, 0.3) is 28.4 Å². The first-order valence-corrected chi connectivity index (χ1v) is 6.38. The van der Waals surface area contributed by atoms with Crippen molar-refractivity contribution in [1.82, 2.24) is 19.6 Å². The molecule has 0 unspecified atom stereocenters. The van der Waals surface area contributed by atoms with Gasteiger partial charge in [-0.05, 0) is 24.3 Å². The highest BCUT2D eigenvalue weighted by atomic mass is 16.3. The number of aromatic amines is 1. The number of H-pyrrole nitrogens is 1. The Morgan fingerprint density at radius 1 is 1.19 bits per heavy atom. The van der Waals surface area contributed by atoms with E-state index in [1.165, 1.54) is 10.6 Å². The highest BCUT2D eigenvalue weighted by Gasteiger charge is 2.10. The lowest BCUT2D eigenvalue weighted by atomic mass is 10.2. The Labute approximate surface area is 118 Å². The van der Waals surface area contributed by atoms with Crippen molar-refractivity contribution in [3.8, 4) is 22.7 Å². The number of fused-ring (bicyclic) bond motifs is 1. The fourth-order valence-corrected chi connectivity index (χ4v) is 2.21. The van der Waals surface area contributed by atoms with Gasteiger partial charge in [0.25, 0.3) is 5.56 Å². The summed E-state index contributed by atoms with van der Waals surface area (Å²) in [5.74, 6) is 0.655. The minimum absolute atomic E-state index is 0.184. The normalized spacial score (nSPS) is 11.0. The largest absolute Gasteiger partial charge is 0.463 e. The molecule has 0 saturated heterocycles. The van der Waals surface area contributed by atoms with Crippen LogP contribution in [0.1, 0.15) is 0 Å². The second-order valence-corrected chi connectivity index (χ2v) is 4.56. The van der Waals surface area contributed by atoms with E-state index in [1.54, 1.807) is 30.8 Å². The minimum Gasteiger partial charge on any atom is -0.463 e. The molecule has 0 bridgehead atoms. The SMILES string of the molecule is O=c1cc(-c2cccnc2)nc2cc(-c3ccco3)[nH]n12. The molecule has 0 aromatic carbocycles. The van der Waals surface area contributed by atoms with Crippen molar-refractivity contribution in [2.75, 3.05) is 0 Å². The minimum atomic E-state index is -0.184. The first kappa shape index (κ1) is 11.7. The van der Waals surface area contributed by atoms with E-state index < -0.39 is 0 Å². The third-order valence-electron chi connectivity index (χ3n) is 3.19. The van der Waals surface area contributed by atoms with Crippen LogP contribution in [0, 0.1) is 0 Å². The van der Waals surface area contributed by atoms with Gasteiger partial charge in [-0.2, -0.15) is 0 Å². The Bertz CT molecular complexity index is 952. The fraction of sp³-hybridized carbons (Fsp3) is 0.